The highest BCUT2D eigenvalue weighted by molar-refractivity contribution is 6.10. The summed E-state index contributed by atoms with van der Waals surface area (Å²) < 4.78 is 0. The van der Waals surface area contributed by atoms with Gasteiger partial charge in [-0.2, -0.15) is 5.10 Å². The number of amides is 1. The fraction of sp³-hybridized carbons (Fsp3) is 0. The summed E-state index contributed by atoms with van der Waals surface area (Å²) >= 11 is 0. The molecule has 0 saturated heterocycles. The third kappa shape index (κ3) is 3.92. The molecule has 9 heteroatoms. The van der Waals surface area contributed by atoms with Gasteiger partial charge in [0.25, 0.3) is 11.6 Å². The summed E-state index contributed by atoms with van der Waals surface area (Å²) in [7, 11) is 0. The number of carbonyl (C=O) groups is 1. The van der Waals surface area contributed by atoms with Gasteiger partial charge in [0.1, 0.15) is 17.2 Å². The molecule has 0 aliphatic rings. The van der Waals surface area contributed by atoms with E-state index in [9.17, 15) is 25.1 Å². The van der Waals surface area contributed by atoms with Gasteiger partial charge < -0.3 is 15.2 Å². The molecule has 4 aromatic rings. The molecule has 4 N–H and O–H groups in total. The van der Waals surface area contributed by atoms with Crippen LogP contribution in [0.4, 0.5) is 5.69 Å². The number of hydrogen-bond acceptors (Lipinski definition) is 6. The lowest BCUT2D eigenvalue weighted by atomic mass is 10.0. The number of nitro benzene ring substituents is 1. The molecule has 0 radical (unpaired) electrons. The topological polar surface area (TPSA) is 141 Å². The van der Waals surface area contributed by atoms with Gasteiger partial charge in [-0.05, 0) is 23.8 Å². The molecule has 0 atom stereocenters. The van der Waals surface area contributed by atoms with E-state index in [-0.39, 0.29) is 22.9 Å². The lowest BCUT2D eigenvalue weighted by Gasteiger charge is -2.04. The number of aromatic nitrogens is 1. The molecule has 1 heterocycles. The zero-order valence-electron chi connectivity index (χ0n) is 15.9. The zero-order valence-corrected chi connectivity index (χ0v) is 15.9. The number of rotatable bonds is 5. The molecule has 3 aromatic carbocycles. The Bertz CT molecular complexity index is 1330. The van der Waals surface area contributed by atoms with Crippen LogP contribution in [-0.4, -0.2) is 32.2 Å². The lowest BCUT2D eigenvalue weighted by molar-refractivity contribution is -0.384. The van der Waals surface area contributed by atoms with Gasteiger partial charge in [-0.25, -0.2) is 5.43 Å². The predicted molar refractivity (Wildman–Crippen MR) is 115 cm³/mol. The first-order valence-electron chi connectivity index (χ1n) is 9.15. The number of nitrogens with one attached hydrogen (secondary N) is 2. The maximum Gasteiger partial charge on any atom is 0.288 e. The van der Waals surface area contributed by atoms with Crippen molar-refractivity contribution in [2.24, 2.45) is 5.10 Å². The van der Waals surface area contributed by atoms with E-state index in [1.165, 1.54) is 30.5 Å². The number of phenolic OH excluding ortho intramolecular Hbond substituents is 2. The van der Waals surface area contributed by atoms with Gasteiger partial charge in [0, 0.05) is 40.2 Å². The van der Waals surface area contributed by atoms with Crippen LogP contribution in [0.2, 0.25) is 0 Å². The van der Waals surface area contributed by atoms with Gasteiger partial charge in [-0.15, -0.1) is 0 Å². The number of hydrazone groups is 1. The number of aromatic amines is 1. The van der Waals surface area contributed by atoms with Crippen LogP contribution in [-0.2, 0) is 0 Å². The second-order valence-corrected chi connectivity index (χ2v) is 6.67. The van der Waals surface area contributed by atoms with Crippen LogP contribution in [0.15, 0.2) is 71.8 Å². The number of nitrogens with zero attached hydrogens (tertiary/aromatic N) is 2. The Hall–Kier alpha value is -4.66. The molecule has 0 spiro atoms. The average Bonchev–Trinajstić information content (AvgIpc) is 3.14. The molecular formula is C22H16N4O5. The highest BCUT2D eigenvalue weighted by Gasteiger charge is 2.21. The molecular weight excluding hydrogens is 400 g/mol. The van der Waals surface area contributed by atoms with E-state index in [2.05, 4.69) is 15.5 Å². The summed E-state index contributed by atoms with van der Waals surface area (Å²) in [6.45, 7) is 0. The van der Waals surface area contributed by atoms with Crippen molar-refractivity contribution in [3.05, 3.63) is 88.1 Å². The van der Waals surface area contributed by atoms with Crippen LogP contribution < -0.4 is 5.43 Å². The lowest BCUT2D eigenvalue weighted by Crippen LogP contribution is -2.18. The summed E-state index contributed by atoms with van der Waals surface area (Å²) in [5.41, 5.74) is 4.58. The molecule has 31 heavy (non-hydrogen) atoms. The monoisotopic (exact) mass is 416 g/mol. The van der Waals surface area contributed by atoms with Crippen LogP contribution in [0.5, 0.6) is 11.5 Å². The van der Waals surface area contributed by atoms with Crippen LogP contribution in [0.1, 0.15) is 16.1 Å². The number of H-pyrrole nitrogens is 1. The maximum atomic E-state index is 12.9. The number of nitro groups is 1. The van der Waals surface area contributed by atoms with Crippen molar-refractivity contribution in [3.63, 3.8) is 0 Å². The number of non-ortho nitro benzene ring substituents is 1. The average molecular weight is 416 g/mol. The van der Waals surface area contributed by atoms with Gasteiger partial charge in [-0.3, -0.25) is 14.9 Å². The zero-order chi connectivity index (χ0) is 22.0. The van der Waals surface area contributed by atoms with Crippen molar-refractivity contribution in [3.8, 4) is 22.6 Å². The summed E-state index contributed by atoms with van der Waals surface area (Å²) in [5, 5.41) is 34.8. The number of fused-ring (bicyclic) bond motifs is 1. The van der Waals surface area contributed by atoms with Gasteiger partial charge in [0.05, 0.1) is 11.1 Å². The molecule has 0 aliphatic heterocycles. The first kappa shape index (κ1) is 19.6. The SMILES string of the molecule is O=C(N/N=C/c1ccc(O)cc1O)c1[nH]c2ccc([N+](=O)[O-])cc2c1-c1ccccc1. The molecule has 1 amide bonds. The van der Waals surface area contributed by atoms with Crippen molar-refractivity contribution in [2.45, 2.75) is 0 Å². The molecule has 0 unspecified atom stereocenters. The standard InChI is InChI=1S/C22H16N4O5/c27-16-8-6-14(19(28)11-16)12-23-25-22(29)21-20(13-4-2-1-3-5-13)17-10-15(26(30)31)7-9-18(17)24-21/h1-12,24,27-28H,(H,25,29)/b23-12+. The Labute approximate surface area is 175 Å². The first-order valence-corrected chi connectivity index (χ1v) is 9.15. The van der Waals surface area contributed by atoms with E-state index in [1.54, 1.807) is 30.3 Å². The fourth-order valence-electron chi connectivity index (χ4n) is 3.23. The normalized spacial score (nSPS) is 11.1. The van der Waals surface area contributed by atoms with E-state index in [1.807, 2.05) is 6.07 Å². The van der Waals surface area contributed by atoms with Crippen molar-refractivity contribution in [1.29, 1.82) is 0 Å². The summed E-state index contributed by atoms with van der Waals surface area (Å²) in [6, 6.07) is 17.3. The molecule has 1 aromatic heterocycles. The number of carbonyl (C=O) groups excluding carboxylic acids is 1. The molecule has 154 valence electrons. The van der Waals surface area contributed by atoms with Crippen LogP contribution in [0.25, 0.3) is 22.0 Å². The Kier molecular flexibility index (Phi) is 5.07. The smallest absolute Gasteiger partial charge is 0.288 e. The molecule has 0 bridgehead atoms. The van der Waals surface area contributed by atoms with Crippen molar-refractivity contribution in [1.82, 2.24) is 10.4 Å². The van der Waals surface area contributed by atoms with Gasteiger partial charge in [0.2, 0.25) is 0 Å². The maximum absolute atomic E-state index is 12.9. The quantitative estimate of drug-likeness (QED) is 0.222. The molecule has 0 saturated carbocycles. The second kappa shape index (κ2) is 7.99. The minimum Gasteiger partial charge on any atom is -0.508 e. The van der Waals surface area contributed by atoms with Gasteiger partial charge in [-0.1, -0.05) is 30.3 Å². The number of aromatic hydroxyl groups is 2. The van der Waals surface area contributed by atoms with Crippen LogP contribution in [0.3, 0.4) is 0 Å². The highest BCUT2D eigenvalue weighted by atomic mass is 16.6. The molecule has 9 nitrogen and oxygen atoms in total. The van der Waals surface area contributed by atoms with Crippen molar-refractivity contribution in [2.75, 3.05) is 0 Å². The number of hydrogen-bond donors (Lipinski definition) is 4. The molecule has 0 fully saturated rings. The van der Waals surface area contributed by atoms with E-state index >= 15 is 0 Å². The summed E-state index contributed by atoms with van der Waals surface area (Å²) in [6.07, 6.45) is 1.24. The summed E-state index contributed by atoms with van der Waals surface area (Å²) in [4.78, 5) is 26.6. The predicted octanol–water partition coefficient (Wildman–Crippen LogP) is 3.92. The van der Waals surface area contributed by atoms with Crippen molar-refractivity contribution >= 4 is 28.7 Å². The van der Waals surface area contributed by atoms with Crippen LogP contribution in [0, 0.1) is 10.1 Å². The Balaban J connectivity index is 1.73. The number of benzene rings is 3. The first-order chi connectivity index (χ1) is 14.9. The third-order valence-corrected chi connectivity index (χ3v) is 4.67. The van der Waals surface area contributed by atoms with E-state index in [0.717, 1.165) is 6.07 Å². The third-order valence-electron chi connectivity index (χ3n) is 4.67. The van der Waals surface area contributed by atoms with Gasteiger partial charge >= 0.3 is 0 Å². The Morgan fingerprint density at radius 3 is 2.55 bits per heavy atom. The summed E-state index contributed by atoms with van der Waals surface area (Å²) in [5.74, 6) is -0.855. The van der Waals surface area contributed by atoms with E-state index in [4.69, 9.17) is 0 Å². The van der Waals surface area contributed by atoms with Crippen molar-refractivity contribution < 1.29 is 19.9 Å². The van der Waals surface area contributed by atoms with Gasteiger partial charge in [0.15, 0.2) is 0 Å². The molecule has 4 rings (SSSR count). The second-order valence-electron chi connectivity index (χ2n) is 6.67. The fourth-order valence-corrected chi connectivity index (χ4v) is 3.23. The minimum atomic E-state index is -0.563. The highest BCUT2D eigenvalue weighted by Crippen LogP contribution is 2.34. The Morgan fingerprint density at radius 2 is 1.84 bits per heavy atom. The number of phenols is 2. The van der Waals surface area contributed by atoms with E-state index < -0.39 is 10.8 Å². The largest absolute Gasteiger partial charge is 0.508 e. The van der Waals surface area contributed by atoms with E-state index in [0.29, 0.717) is 27.6 Å². The molecule has 0 aliphatic carbocycles. The van der Waals surface area contributed by atoms with Crippen LogP contribution >= 0.6 is 0 Å². The minimum absolute atomic E-state index is 0.0866. The Morgan fingerprint density at radius 1 is 1.06 bits per heavy atom.